The average Bonchev–Trinajstić information content (AvgIpc) is 1.58. The summed E-state index contributed by atoms with van der Waals surface area (Å²) in [5, 5.41) is 42.1. The van der Waals surface area contributed by atoms with Gasteiger partial charge in [-0.1, -0.05) is 127 Å². The molecule has 0 unspecified atom stereocenters. The summed E-state index contributed by atoms with van der Waals surface area (Å²) in [5.74, 6) is -5.62. The summed E-state index contributed by atoms with van der Waals surface area (Å²) in [5.41, 5.74) is 32.9. The van der Waals surface area contributed by atoms with E-state index in [9.17, 15) is 140 Å². The van der Waals surface area contributed by atoms with Gasteiger partial charge in [0.05, 0.1) is 75.1 Å². The van der Waals surface area contributed by atoms with Crippen molar-refractivity contribution in [1.29, 1.82) is 0 Å². The lowest BCUT2D eigenvalue weighted by atomic mass is 10.2. The maximum absolute atomic E-state index is 12.7. The Morgan fingerprint density at radius 2 is 0.752 bits per heavy atom. The Kier molecular flexibility index (Phi) is 53.0. The number of hydrogen-bond acceptors (Lipinski definition) is 26. The lowest BCUT2D eigenvalue weighted by Gasteiger charge is -2.23. The fourth-order valence-electron chi connectivity index (χ4n) is 9.82. The first kappa shape index (κ1) is 125. The number of carboxylic acid groups (broad SMARTS) is 2. The molecule has 2 aromatic heterocycles. The van der Waals surface area contributed by atoms with Crippen LogP contribution < -0.4 is 76.9 Å². The number of carbonyl (C=O) groups excluding carboxylic acids is 8. The van der Waals surface area contributed by atoms with E-state index in [2.05, 4.69) is 62.5 Å². The smallest absolute Gasteiger partial charge is 0.408 e. The maximum atomic E-state index is 12.7. The summed E-state index contributed by atoms with van der Waals surface area (Å²) in [7, 11) is 0. The van der Waals surface area contributed by atoms with Crippen LogP contribution in [0.5, 0.6) is 0 Å². The number of nitrogens with two attached hydrogens (primary N) is 6. The minimum Gasteiger partial charge on any atom is -0.480 e. The molecule has 0 aliphatic carbocycles. The molecule has 786 valence electrons. The number of halogens is 21. The first-order chi connectivity index (χ1) is 65.0. The van der Waals surface area contributed by atoms with Gasteiger partial charge in [-0.3, -0.25) is 14.4 Å². The SMILES string of the molecule is CC(C)(C)OC(=O)NC[C@@H](CC(F)(F)F)NC(=O)OCc1ccccc1.CC(C)(C)OC(=O)NC[C@H](N)CC(F)(F)F.NC(=O)[C@@H](CC(F)(F)F)NC(=O)OCc1ccccc1.NC[C@@H](CC(F)(F)F)NC(=O)OCc1ccccc1.NC[C@@H](CC(F)(F)F)Nc1ncc(C(N)=O)c(Nc2cccc(-n3nccn3)c2)n1.N[C@H](CC(F)(F)F)C(=O)O.O=C(N[C@H](CC(F)(F)F)C(=O)O)OCc1ccccc1. The van der Waals surface area contributed by atoms with Crippen molar-refractivity contribution in [3.63, 3.8) is 0 Å². The predicted octanol–water partition coefficient (Wildman–Crippen LogP) is 13.7. The van der Waals surface area contributed by atoms with E-state index in [1.807, 2.05) is 0 Å². The molecule has 8 amide bonds. The van der Waals surface area contributed by atoms with Crippen LogP contribution in [0.25, 0.3) is 5.69 Å². The molecule has 0 fully saturated rings. The number of alkyl carbamates (subject to hydrolysis) is 6. The highest BCUT2D eigenvalue weighted by atomic mass is 19.4. The van der Waals surface area contributed by atoms with E-state index in [4.69, 9.17) is 62.6 Å². The van der Waals surface area contributed by atoms with Crippen LogP contribution in [0.15, 0.2) is 164 Å². The van der Waals surface area contributed by atoms with Crippen LogP contribution in [0.2, 0.25) is 0 Å². The fourth-order valence-corrected chi connectivity index (χ4v) is 9.82. The molecule has 0 radical (unpaired) electrons. The van der Waals surface area contributed by atoms with E-state index in [0.717, 1.165) is 11.8 Å². The monoisotopic (exact) mass is 2050 g/mol. The zero-order chi connectivity index (χ0) is 108. The Morgan fingerprint density at radius 1 is 0.404 bits per heavy atom. The van der Waals surface area contributed by atoms with Gasteiger partial charge in [-0.2, -0.15) is 112 Å². The molecule has 0 spiro atoms. The molecule has 2 heterocycles. The second kappa shape index (κ2) is 59.9. The Labute approximate surface area is 789 Å². The minimum absolute atomic E-state index is 0.00399. The minimum atomic E-state index is -4.70. The van der Waals surface area contributed by atoms with E-state index in [1.54, 1.807) is 198 Å². The molecule has 37 nitrogen and oxygen atoms in total. The van der Waals surface area contributed by atoms with Crippen LogP contribution in [-0.2, 0) is 69.2 Å². The van der Waals surface area contributed by atoms with Crippen molar-refractivity contribution in [3.05, 3.63) is 192 Å². The van der Waals surface area contributed by atoms with Crippen molar-refractivity contribution in [2.75, 3.05) is 36.8 Å². The average molecular weight is 2050 g/mol. The van der Waals surface area contributed by atoms with Gasteiger partial charge in [0.1, 0.15) is 67.1 Å². The second-order valence-corrected chi connectivity index (χ2v) is 30.9. The zero-order valence-electron chi connectivity index (χ0n) is 75.3. The van der Waals surface area contributed by atoms with Gasteiger partial charge in [-0.05, 0) is 82.0 Å². The van der Waals surface area contributed by atoms with Crippen molar-refractivity contribution in [1.82, 2.24) is 56.9 Å². The van der Waals surface area contributed by atoms with Gasteiger partial charge in [0.15, 0.2) is 0 Å². The molecule has 5 aromatic carbocycles. The van der Waals surface area contributed by atoms with Crippen LogP contribution in [-0.4, -0.2) is 218 Å². The largest absolute Gasteiger partial charge is 0.480 e. The lowest BCUT2D eigenvalue weighted by molar-refractivity contribution is -0.158. The van der Waals surface area contributed by atoms with Gasteiger partial charge in [0.25, 0.3) is 5.91 Å². The summed E-state index contributed by atoms with van der Waals surface area (Å²) in [6.07, 6.45) is -42.7. The van der Waals surface area contributed by atoms with Gasteiger partial charge >= 0.3 is 91.7 Å². The number of ether oxygens (including phenoxy) is 6. The number of nitrogens with one attached hydrogen (secondary N) is 8. The van der Waals surface area contributed by atoms with Gasteiger partial charge in [0.2, 0.25) is 11.9 Å². The number of hydrogen-bond donors (Lipinski definition) is 16. The van der Waals surface area contributed by atoms with Crippen LogP contribution in [0, 0.1) is 0 Å². The Balaban J connectivity index is 0.000000839. The molecule has 141 heavy (non-hydrogen) atoms. The van der Waals surface area contributed by atoms with E-state index in [-0.39, 0.29) is 63.4 Å². The Hall–Kier alpha value is -14.2. The molecule has 7 aromatic rings. The quantitative estimate of drug-likeness (QED) is 0.0132. The molecular formula is C83H104F21N19O18. The molecule has 0 aliphatic rings. The Bertz CT molecular complexity index is 4810. The number of primary amides is 2. The molecule has 0 saturated heterocycles. The number of aromatic nitrogens is 5. The van der Waals surface area contributed by atoms with Crippen molar-refractivity contribution < 1.29 is 179 Å². The Morgan fingerprint density at radius 3 is 1.09 bits per heavy atom. The van der Waals surface area contributed by atoms with Gasteiger partial charge < -0.3 is 116 Å². The van der Waals surface area contributed by atoms with E-state index < -0.39 is 209 Å². The molecule has 0 aliphatic heterocycles. The summed E-state index contributed by atoms with van der Waals surface area (Å²) in [6, 6.07) is 30.7. The van der Waals surface area contributed by atoms with Gasteiger partial charge in [-0.25, -0.2) is 38.5 Å². The summed E-state index contributed by atoms with van der Waals surface area (Å²) >= 11 is 0. The van der Waals surface area contributed by atoms with Gasteiger partial charge in [-0.15, -0.1) is 0 Å². The third-order valence-corrected chi connectivity index (χ3v) is 15.8. The second-order valence-electron chi connectivity index (χ2n) is 30.9. The number of rotatable bonds is 34. The first-order valence-corrected chi connectivity index (χ1v) is 40.6. The van der Waals surface area contributed by atoms with E-state index in [1.165, 1.54) is 17.2 Å². The zero-order valence-corrected chi connectivity index (χ0v) is 75.3. The molecule has 7 atom stereocenters. The molecule has 0 saturated carbocycles. The third-order valence-electron chi connectivity index (χ3n) is 15.8. The number of amides is 8. The molecule has 7 rings (SSSR count). The molecular weight excluding hydrogens is 1950 g/mol. The van der Waals surface area contributed by atoms with Crippen molar-refractivity contribution in [2.24, 2.45) is 34.4 Å². The number of anilines is 3. The van der Waals surface area contributed by atoms with Crippen molar-refractivity contribution in [2.45, 2.75) is 210 Å². The topological polar surface area (TPSA) is 575 Å². The van der Waals surface area contributed by atoms with E-state index in [0.29, 0.717) is 28.1 Å². The van der Waals surface area contributed by atoms with Crippen molar-refractivity contribution in [3.8, 4) is 5.69 Å². The van der Waals surface area contributed by atoms with E-state index >= 15 is 0 Å². The standard InChI is InChI=1S/C17H18F3N9O.C17H23F3N2O4.C12H13F3N2O3.C12H15F3N2O2.C12H12F3NO4.C9H17F3N2O2.C4H6F3NO2/c18-17(19,20)7-11(8-21)27-16-23-9-13(14(22)30)15(28-16)26-10-2-1-3-12(6-10)29-24-4-5-25-29;1-16(2,3)26-14(23)21-10-13(9-17(18,19)20)22-15(24)25-11-12-7-5-4-6-8-12;13-12(14,15)6-9(10(16)18)17-11(19)20-7-8-4-2-1-3-5-8;13-12(14,15)6-10(7-16)17-11(18)19-8-9-4-2-1-3-5-9;13-12(14,15)6-9(10(17)18)16-11(19)20-7-8-4-2-1-3-5-8;1-8(2,3)16-7(15)14-5-6(13)4-9(10,11)12;5-4(6,7)1-2(8)3(9)10/h1-6,9,11H,7-8,21H2,(H2,22,30)(H2,23,26,27,28);4-8,13H,9-11H2,1-3H3,(H,21,23)(H,22,24);1-5,9H,6-7H2,(H2,16,18)(H,17,19);1-5,10H,6-8,16H2,(H,17,18);1-5,9H,6-7H2,(H,16,19)(H,17,18);6H,4-5,13H2,1-3H3,(H,14,15);2H,1,8H2,(H,9,10)/t11-;13-;9-;10-;9-;6-;2-/m1111111/s1. The summed E-state index contributed by atoms with van der Waals surface area (Å²) in [4.78, 5) is 121. The number of nitrogens with zero attached hydrogens (tertiary/aromatic N) is 5. The maximum Gasteiger partial charge on any atom is 0.408 e. The van der Waals surface area contributed by atoms with Crippen LogP contribution in [0.1, 0.15) is 119 Å². The van der Waals surface area contributed by atoms with Crippen molar-refractivity contribution >= 4 is 77.8 Å². The number of alkyl halides is 21. The normalized spacial score (nSPS) is 13.0. The first-order valence-electron chi connectivity index (χ1n) is 40.6. The van der Waals surface area contributed by atoms with Crippen LogP contribution >= 0.6 is 0 Å². The highest BCUT2D eigenvalue weighted by Gasteiger charge is 2.40. The number of carboxylic acids is 2. The molecule has 0 bridgehead atoms. The highest BCUT2D eigenvalue weighted by Crippen LogP contribution is 2.29. The van der Waals surface area contributed by atoms with Crippen LogP contribution in [0.3, 0.4) is 0 Å². The third kappa shape index (κ3) is 66.1. The molecule has 22 N–H and O–H groups in total. The summed E-state index contributed by atoms with van der Waals surface area (Å²) < 4.78 is 284. The number of aliphatic carboxylic acids is 2. The fraction of sp³-hybridized carbons (Fsp3) is 0.446. The highest BCUT2D eigenvalue weighted by molar-refractivity contribution is 5.98. The summed E-state index contributed by atoms with van der Waals surface area (Å²) in [6.45, 7) is 8.16. The van der Waals surface area contributed by atoms with Crippen LogP contribution in [0.4, 0.5) is 138 Å². The molecule has 58 heteroatoms. The lowest BCUT2D eigenvalue weighted by Crippen LogP contribution is -2.47. The predicted molar refractivity (Wildman–Crippen MR) is 459 cm³/mol. The van der Waals surface area contributed by atoms with Gasteiger partial charge in [0, 0.05) is 50.1 Å². The number of benzene rings is 5. The number of carbonyl (C=O) groups is 10.